The molecule has 0 spiro atoms. The molecule has 4 aromatic rings. The first-order valence-corrected chi connectivity index (χ1v) is 14.3. The number of H-pyrrole nitrogens is 1. The lowest BCUT2D eigenvalue weighted by atomic mass is 9.98. The van der Waals surface area contributed by atoms with Gasteiger partial charge in [0.05, 0.1) is 13.7 Å². The van der Waals surface area contributed by atoms with Crippen molar-refractivity contribution in [3.05, 3.63) is 95.7 Å². The Kier molecular flexibility index (Phi) is 9.61. The fourth-order valence-corrected chi connectivity index (χ4v) is 5.48. The molecule has 220 valence electrons. The van der Waals surface area contributed by atoms with Crippen LogP contribution >= 0.6 is 0 Å². The summed E-state index contributed by atoms with van der Waals surface area (Å²) >= 11 is 0. The van der Waals surface area contributed by atoms with Gasteiger partial charge >= 0.3 is 6.09 Å². The Hall–Kier alpha value is -4.50. The Morgan fingerprint density at radius 2 is 1.86 bits per heavy atom. The van der Waals surface area contributed by atoms with E-state index < -0.39 is 18.0 Å². The molecule has 1 saturated heterocycles. The lowest BCUT2D eigenvalue weighted by Gasteiger charge is -2.32. The van der Waals surface area contributed by atoms with E-state index >= 15 is 0 Å². The van der Waals surface area contributed by atoms with Crippen LogP contribution in [0.3, 0.4) is 0 Å². The molecule has 9 heteroatoms. The third kappa shape index (κ3) is 7.61. The SMILES string of the molecule is COc1ccc(CN2CCCC(COC(=O)NC(Cc3c[nH]c4ccccc34)C(N)=O)C2)cc1OCc1ccccc1. The number of alkyl carbamates (subject to hydrolysis) is 1. The minimum Gasteiger partial charge on any atom is -0.493 e. The number of methoxy groups -OCH3 is 1. The first-order chi connectivity index (χ1) is 20.5. The molecule has 0 aliphatic carbocycles. The monoisotopic (exact) mass is 570 g/mol. The molecule has 1 aliphatic rings. The van der Waals surface area contributed by atoms with Gasteiger partial charge in [0, 0.05) is 42.5 Å². The molecule has 0 bridgehead atoms. The average molecular weight is 571 g/mol. The number of likely N-dealkylation sites (tertiary alicyclic amines) is 1. The second-order valence-corrected chi connectivity index (χ2v) is 10.8. The molecule has 1 aromatic heterocycles. The third-order valence-corrected chi connectivity index (χ3v) is 7.66. The van der Waals surface area contributed by atoms with Gasteiger partial charge in [-0.15, -0.1) is 0 Å². The second-order valence-electron chi connectivity index (χ2n) is 10.8. The maximum Gasteiger partial charge on any atom is 0.407 e. The van der Waals surface area contributed by atoms with E-state index in [4.69, 9.17) is 19.9 Å². The van der Waals surface area contributed by atoms with E-state index in [9.17, 15) is 9.59 Å². The van der Waals surface area contributed by atoms with E-state index in [1.807, 2.05) is 72.9 Å². The van der Waals surface area contributed by atoms with Gasteiger partial charge in [0.1, 0.15) is 12.6 Å². The summed E-state index contributed by atoms with van der Waals surface area (Å²) < 4.78 is 17.2. The first-order valence-electron chi connectivity index (χ1n) is 14.3. The largest absolute Gasteiger partial charge is 0.493 e. The number of rotatable bonds is 12. The van der Waals surface area contributed by atoms with Crippen molar-refractivity contribution < 1.29 is 23.8 Å². The number of primary amides is 1. The smallest absolute Gasteiger partial charge is 0.407 e. The predicted molar refractivity (Wildman–Crippen MR) is 161 cm³/mol. The van der Waals surface area contributed by atoms with Crippen LogP contribution in [0.5, 0.6) is 11.5 Å². The number of aromatic amines is 1. The average Bonchev–Trinajstić information content (AvgIpc) is 3.42. The maximum atomic E-state index is 12.6. The number of fused-ring (bicyclic) bond motifs is 1. The maximum absolute atomic E-state index is 12.6. The molecule has 1 aliphatic heterocycles. The topological polar surface area (TPSA) is 119 Å². The van der Waals surface area contributed by atoms with Crippen molar-refractivity contribution in [3.8, 4) is 11.5 Å². The standard InChI is InChI=1S/C33H38N4O5/c1-40-30-14-13-24(16-31(30)41-21-23-8-3-2-4-9-23)19-37-15-7-10-25(20-37)22-42-33(39)36-29(32(34)38)17-26-18-35-28-12-6-5-11-27(26)28/h2-6,8-9,11-14,16,18,25,29,35H,7,10,15,17,19-22H2,1H3,(H2,34,38)(H,36,39). The molecular weight excluding hydrogens is 532 g/mol. The van der Waals surface area contributed by atoms with Crippen molar-refractivity contribution in [3.63, 3.8) is 0 Å². The second kappa shape index (κ2) is 13.9. The number of aromatic nitrogens is 1. The molecule has 9 nitrogen and oxygen atoms in total. The van der Waals surface area contributed by atoms with Crippen LogP contribution in [0.4, 0.5) is 4.79 Å². The number of piperidine rings is 1. The van der Waals surface area contributed by atoms with Crippen LogP contribution in [-0.2, 0) is 29.1 Å². The molecule has 5 rings (SSSR count). The molecule has 2 heterocycles. The number of carbonyl (C=O) groups excluding carboxylic acids is 2. The van der Waals surface area contributed by atoms with Crippen molar-refractivity contribution in [2.75, 3.05) is 26.8 Å². The van der Waals surface area contributed by atoms with Crippen LogP contribution in [0.25, 0.3) is 10.9 Å². The summed E-state index contributed by atoms with van der Waals surface area (Å²) in [7, 11) is 1.64. The summed E-state index contributed by atoms with van der Waals surface area (Å²) in [4.78, 5) is 30.3. The number of para-hydroxylation sites is 1. The Labute approximate surface area is 245 Å². The highest BCUT2D eigenvalue weighted by atomic mass is 16.5. The van der Waals surface area contributed by atoms with Crippen molar-refractivity contribution in [1.82, 2.24) is 15.2 Å². The molecular formula is C33H38N4O5. The lowest BCUT2D eigenvalue weighted by molar-refractivity contribution is -0.119. The van der Waals surface area contributed by atoms with Gasteiger partial charge in [0.25, 0.3) is 0 Å². The Bertz CT molecular complexity index is 1490. The zero-order chi connectivity index (χ0) is 29.3. The third-order valence-electron chi connectivity index (χ3n) is 7.66. The van der Waals surface area contributed by atoms with E-state index in [-0.39, 0.29) is 18.9 Å². The van der Waals surface area contributed by atoms with Crippen molar-refractivity contribution in [1.29, 1.82) is 0 Å². The Morgan fingerprint density at radius 1 is 1.05 bits per heavy atom. The van der Waals surface area contributed by atoms with Gasteiger partial charge < -0.3 is 30.2 Å². The van der Waals surface area contributed by atoms with Crippen LogP contribution in [0, 0.1) is 5.92 Å². The molecule has 4 N–H and O–H groups in total. The number of benzene rings is 3. The van der Waals surface area contributed by atoms with Crippen LogP contribution < -0.4 is 20.5 Å². The van der Waals surface area contributed by atoms with E-state index in [2.05, 4.69) is 21.3 Å². The van der Waals surface area contributed by atoms with Crippen LogP contribution in [0.15, 0.2) is 79.0 Å². The Morgan fingerprint density at radius 3 is 2.67 bits per heavy atom. The van der Waals surface area contributed by atoms with Crippen molar-refractivity contribution >= 4 is 22.9 Å². The molecule has 42 heavy (non-hydrogen) atoms. The molecule has 2 atom stereocenters. The minimum atomic E-state index is -0.868. The van der Waals surface area contributed by atoms with Gasteiger partial charge in [0.15, 0.2) is 11.5 Å². The highest BCUT2D eigenvalue weighted by molar-refractivity contribution is 5.87. The fraction of sp³-hybridized carbons (Fsp3) is 0.333. The van der Waals surface area contributed by atoms with Gasteiger partial charge in [-0.2, -0.15) is 0 Å². The summed E-state index contributed by atoms with van der Waals surface area (Å²) in [6.07, 6.45) is 3.46. The summed E-state index contributed by atoms with van der Waals surface area (Å²) in [5.74, 6) is 0.999. The van der Waals surface area contributed by atoms with E-state index in [0.717, 1.165) is 60.1 Å². The highest BCUT2D eigenvalue weighted by Crippen LogP contribution is 2.30. The van der Waals surface area contributed by atoms with E-state index in [1.54, 1.807) is 7.11 Å². The lowest BCUT2D eigenvalue weighted by Crippen LogP contribution is -2.46. The minimum absolute atomic E-state index is 0.192. The summed E-state index contributed by atoms with van der Waals surface area (Å²) in [5.41, 5.74) is 9.70. The number of nitrogens with two attached hydrogens (primary N) is 1. The van der Waals surface area contributed by atoms with Crippen LogP contribution in [-0.4, -0.2) is 54.7 Å². The molecule has 0 saturated carbocycles. The number of hydrogen-bond acceptors (Lipinski definition) is 6. The number of hydrogen-bond donors (Lipinski definition) is 3. The highest BCUT2D eigenvalue weighted by Gasteiger charge is 2.24. The zero-order valence-electron chi connectivity index (χ0n) is 23.9. The van der Waals surface area contributed by atoms with Gasteiger partial charge in [-0.3, -0.25) is 9.69 Å². The first kappa shape index (κ1) is 29.0. The molecule has 0 radical (unpaired) electrons. The summed E-state index contributed by atoms with van der Waals surface area (Å²) in [6, 6.07) is 23.0. The number of amides is 2. The number of carbonyl (C=O) groups is 2. The molecule has 2 amide bonds. The van der Waals surface area contributed by atoms with Gasteiger partial charge in [0.2, 0.25) is 5.91 Å². The van der Waals surface area contributed by atoms with Crippen molar-refractivity contribution in [2.24, 2.45) is 11.7 Å². The Balaban J connectivity index is 1.12. The van der Waals surface area contributed by atoms with E-state index in [0.29, 0.717) is 18.1 Å². The predicted octanol–water partition coefficient (Wildman–Crippen LogP) is 4.79. The fourth-order valence-electron chi connectivity index (χ4n) is 5.48. The molecule has 1 fully saturated rings. The molecule has 2 unspecified atom stereocenters. The number of nitrogens with one attached hydrogen (secondary N) is 2. The van der Waals surface area contributed by atoms with Gasteiger partial charge in [-0.25, -0.2) is 4.79 Å². The quantitative estimate of drug-likeness (QED) is 0.225. The summed E-state index contributed by atoms with van der Waals surface area (Å²) in [5, 5.41) is 3.66. The molecule has 3 aromatic carbocycles. The van der Waals surface area contributed by atoms with Crippen molar-refractivity contribution in [2.45, 2.75) is 38.5 Å². The van der Waals surface area contributed by atoms with E-state index in [1.165, 1.54) is 0 Å². The van der Waals surface area contributed by atoms with Gasteiger partial charge in [-0.1, -0.05) is 54.6 Å². The summed E-state index contributed by atoms with van der Waals surface area (Å²) in [6.45, 7) is 3.25. The number of nitrogens with zero attached hydrogens (tertiary/aromatic N) is 1. The number of ether oxygens (including phenoxy) is 3. The van der Waals surface area contributed by atoms with Crippen LogP contribution in [0.2, 0.25) is 0 Å². The zero-order valence-corrected chi connectivity index (χ0v) is 23.9. The van der Waals surface area contributed by atoms with Crippen LogP contribution in [0.1, 0.15) is 29.5 Å². The van der Waals surface area contributed by atoms with Gasteiger partial charge in [-0.05, 0) is 54.3 Å². The normalized spacial score (nSPS) is 16.1.